The molecule has 6 nitrogen and oxygen atoms in total. The minimum Gasteiger partial charge on any atom is -0.481 e. The number of halogens is 1. The van der Waals surface area contributed by atoms with Crippen LogP contribution in [-0.2, 0) is 14.4 Å². The summed E-state index contributed by atoms with van der Waals surface area (Å²) in [7, 11) is 0. The molecule has 1 aromatic rings. The van der Waals surface area contributed by atoms with E-state index in [1.54, 1.807) is 30.0 Å². The lowest BCUT2D eigenvalue weighted by Gasteiger charge is -2.21. The van der Waals surface area contributed by atoms with Crippen LogP contribution in [0.15, 0.2) is 24.3 Å². The van der Waals surface area contributed by atoms with Crippen LogP contribution < -0.4 is 0 Å². The summed E-state index contributed by atoms with van der Waals surface area (Å²) in [6, 6.07) is 7.04. The first kappa shape index (κ1) is 18.3. The molecule has 1 unspecified atom stereocenters. The van der Waals surface area contributed by atoms with E-state index in [-0.39, 0.29) is 43.7 Å². The fraction of sp³-hybridized carbons (Fsp3) is 0.471. The quantitative estimate of drug-likeness (QED) is 0.819. The zero-order valence-corrected chi connectivity index (χ0v) is 14.1. The molecule has 2 N–H and O–H groups in total. The zero-order valence-electron chi connectivity index (χ0n) is 13.3. The molecule has 1 aromatic carbocycles. The van der Waals surface area contributed by atoms with Crippen molar-refractivity contribution in [3.05, 3.63) is 34.9 Å². The van der Waals surface area contributed by atoms with Gasteiger partial charge in [-0.2, -0.15) is 0 Å². The summed E-state index contributed by atoms with van der Waals surface area (Å²) in [6.07, 6.45) is -0.263. The summed E-state index contributed by atoms with van der Waals surface area (Å²) in [5, 5.41) is 18.5. The van der Waals surface area contributed by atoms with E-state index in [1.807, 2.05) is 6.07 Å². The van der Waals surface area contributed by atoms with E-state index in [2.05, 4.69) is 0 Å². The predicted octanol–water partition coefficient (Wildman–Crippen LogP) is 2.47. The van der Waals surface area contributed by atoms with Crippen molar-refractivity contribution in [2.45, 2.75) is 25.7 Å². The number of amides is 1. The van der Waals surface area contributed by atoms with Crippen molar-refractivity contribution in [2.24, 2.45) is 11.8 Å². The predicted molar refractivity (Wildman–Crippen MR) is 87.9 cm³/mol. The second-order valence-corrected chi connectivity index (χ2v) is 6.67. The Hall–Kier alpha value is -2.08. The number of aliphatic carboxylic acids is 2. The van der Waals surface area contributed by atoms with Gasteiger partial charge in [-0.25, -0.2) is 0 Å². The Kier molecular flexibility index (Phi) is 5.83. The number of nitrogens with zero attached hydrogens (tertiary/aromatic N) is 1. The Labute approximate surface area is 145 Å². The van der Waals surface area contributed by atoms with Gasteiger partial charge in [0.15, 0.2) is 0 Å². The van der Waals surface area contributed by atoms with Crippen molar-refractivity contribution in [1.29, 1.82) is 0 Å². The monoisotopic (exact) mass is 353 g/mol. The summed E-state index contributed by atoms with van der Waals surface area (Å²) in [5.74, 6) is -3.19. The maximum atomic E-state index is 12.7. The number of hydrogen-bond donors (Lipinski definition) is 2. The van der Waals surface area contributed by atoms with Crippen LogP contribution in [-0.4, -0.2) is 46.0 Å². The molecule has 1 aliphatic heterocycles. The van der Waals surface area contributed by atoms with Gasteiger partial charge in [0.2, 0.25) is 5.91 Å². The zero-order chi connectivity index (χ0) is 17.9. The molecule has 2 rings (SSSR count). The first-order chi connectivity index (χ1) is 11.3. The van der Waals surface area contributed by atoms with Gasteiger partial charge in [-0.15, -0.1) is 0 Å². The summed E-state index contributed by atoms with van der Waals surface area (Å²) >= 11 is 5.96. The molecule has 130 valence electrons. The maximum Gasteiger partial charge on any atom is 0.303 e. The summed E-state index contributed by atoms with van der Waals surface area (Å²) in [5.41, 5.74) is 0.781. The van der Waals surface area contributed by atoms with E-state index in [9.17, 15) is 14.4 Å². The molecule has 1 fully saturated rings. The van der Waals surface area contributed by atoms with Crippen LogP contribution >= 0.6 is 11.6 Å². The number of likely N-dealkylation sites (tertiary alicyclic amines) is 1. The average molecular weight is 354 g/mol. The smallest absolute Gasteiger partial charge is 0.303 e. The molecule has 1 heterocycles. The third-order valence-corrected chi connectivity index (χ3v) is 4.72. The van der Waals surface area contributed by atoms with E-state index in [0.29, 0.717) is 5.02 Å². The largest absolute Gasteiger partial charge is 0.481 e. The van der Waals surface area contributed by atoms with Crippen LogP contribution in [0.4, 0.5) is 0 Å². The Morgan fingerprint density at radius 3 is 2.17 bits per heavy atom. The number of benzene rings is 1. The second kappa shape index (κ2) is 7.66. The van der Waals surface area contributed by atoms with Gasteiger partial charge in [-0.05, 0) is 36.5 Å². The van der Waals surface area contributed by atoms with E-state index >= 15 is 0 Å². The molecule has 24 heavy (non-hydrogen) atoms. The molecule has 0 aliphatic carbocycles. The summed E-state index contributed by atoms with van der Waals surface area (Å²) in [6.45, 7) is 2.31. The average Bonchev–Trinajstić information content (AvgIpc) is 2.87. The molecule has 0 aromatic heterocycles. The maximum absolute atomic E-state index is 12.7. The molecule has 1 aliphatic rings. The Morgan fingerprint density at radius 1 is 1.17 bits per heavy atom. The highest BCUT2D eigenvalue weighted by atomic mass is 35.5. The van der Waals surface area contributed by atoms with Gasteiger partial charge in [0, 0.05) is 18.1 Å². The normalized spacial score (nSPS) is 21.5. The minimum absolute atomic E-state index is 0.132. The molecule has 0 radical (unpaired) electrons. The molecule has 1 saturated heterocycles. The van der Waals surface area contributed by atoms with E-state index in [4.69, 9.17) is 21.8 Å². The van der Waals surface area contributed by atoms with Gasteiger partial charge < -0.3 is 15.1 Å². The fourth-order valence-electron chi connectivity index (χ4n) is 3.22. The van der Waals surface area contributed by atoms with Gasteiger partial charge in [0.05, 0.1) is 18.8 Å². The molecule has 0 spiro atoms. The van der Waals surface area contributed by atoms with Crippen LogP contribution in [0.2, 0.25) is 5.02 Å². The lowest BCUT2D eigenvalue weighted by atomic mass is 9.90. The van der Waals surface area contributed by atoms with Crippen LogP contribution in [0.1, 0.15) is 31.2 Å². The van der Waals surface area contributed by atoms with Gasteiger partial charge >= 0.3 is 11.9 Å². The van der Waals surface area contributed by atoms with Crippen LogP contribution in [0.3, 0.4) is 0 Å². The van der Waals surface area contributed by atoms with Crippen molar-refractivity contribution in [2.75, 3.05) is 13.1 Å². The molecular formula is C17H20ClNO5. The first-order valence-electron chi connectivity index (χ1n) is 7.75. The third kappa shape index (κ3) is 4.47. The Bertz CT molecular complexity index is 624. The number of carbonyl (C=O) groups is 3. The standard InChI is InChI=1S/C17H20ClNO5/c1-10(11-3-2-4-14(18)5-11)17(24)19-8-12(6-15(20)21)13(9-19)7-16(22)23/h2-5,10,12-13H,6-9H2,1H3,(H,20,21)(H,22,23)/t10?,12-,13-/m1/s1. The molecular weight excluding hydrogens is 334 g/mol. The number of carboxylic acids is 2. The molecule has 0 bridgehead atoms. The van der Waals surface area contributed by atoms with E-state index in [1.165, 1.54) is 0 Å². The van der Waals surface area contributed by atoms with Crippen LogP contribution in [0.25, 0.3) is 0 Å². The van der Waals surface area contributed by atoms with Crippen molar-refractivity contribution in [3.8, 4) is 0 Å². The Balaban J connectivity index is 2.11. The highest BCUT2D eigenvalue weighted by Gasteiger charge is 2.38. The van der Waals surface area contributed by atoms with Gasteiger partial charge in [-0.3, -0.25) is 14.4 Å². The van der Waals surface area contributed by atoms with Gasteiger partial charge in [0.1, 0.15) is 0 Å². The van der Waals surface area contributed by atoms with Gasteiger partial charge in [-0.1, -0.05) is 23.7 Å². The number of hydrogen-bond acceptors (Lipinski definition) is 3. The molecule has 3 atom stereocenters. The number of rotatable bonds is 6. The molecule has 7 heteroatoms. The van der Waals surface area contributed by atoms with Crippen LogP contribution in [0.5, 0.6) is 0 Å². The first-order valence-corrected chi connectivity index (χ1v) is 8.13. The minimum atomic E-state index is -0.979. The lowest BCUT2D eigenvalue weighted by Crippen LogP contribution is -2.33. The SMILES string of the molecule is CC(C(=O)N1C[C@@H](CC(=O)O)[C@H](CC(=O)O)C1)c1cccc(Cl)c1. The van der Waals surface area contributed by atoms with Gasteiger partial charge in [0.25, 0.3) is 0 Å². The summed E-state index contributed by atoms with van der Waals surface area (Å²) in [4.78, 5) is 36.3. The molecule has 1 amide bonds. The second-order valence-electron chi connectivity index (χ2n) is 6.24. The van der Waals surface area contributed by atoms with Crippen molar-refractivity contribution in [1.82, 2.24) is 4.90 Å². The van der Waals surface area contributed by atoms with Crippen molar-refractivity contribution in [3.63, 3.8) is 0 Å². The Morgan fingerprint density at radius 2 is 1.71 bits per heavy atom. The highest BCUT2D eigenvalue weighted by molar-refractivity contribution is 6.30. The number of carboxylic acid groups (broad SMARTS) is 2. The highest BCUT2D eigenvalue weighted by Crippen LogP contribution is 2.32. The topological polar surface area (TPSA) is 94.9 Å². The van der Waals surface area contributed by atoms with E-state index < -0.39 is 17.9 Å². The molecule has 0 saturated carbocycles. The third-order valence-electron chi connectivity index (χ3n) is 4.48. The van der Waals surface area contributed by atoms with Crippen molar-refractivity contribution < 1.29 is 24.6 Å². The van der Waals surface area contributed by atoms with E-state index in [0.717, 1.165) is 5.56 Å². The lowest BCUT2D eigenvalue weighted by molar-refractivity contribution is -0.141. The number of carbonyl (C=O) groups excluding carboxylic acids is 1. The van der Waals surface area contributed by atoms with Crippen molar-refractivity contribution >= 4 is 29.4 Å². The van der Waals surface area contributed by atoms with Crippen LogP contribution in [0, 0.1) is 11.8 Å². The fourth-order valence-corrected chi connectivity index (χ4v) is 3.42. The summed E-state index contributed by atoms with van der Waals surface area (Å²) < 4.78 is 0.